The Bertz CT molecular complexity index is 1200. The predicted octanol–water partition coefficient (Wildman–Crippen LogP) is 4.65. The van der Waals surface area contributed by atoms with Crippen LogP contribution < -0.4 is 10.1 Å². The van der Waals surface area contributed by atoms with E-state index < -0.39 is 5.82 Å². The molecule has 4 rings (SSSR count). The van der Waals surface area contributed by atoms with E-state index in [0.29, 0.717) is 35.0 Å². The van der Waals surface area contributed by atoms with Gasteiger partial charge in [0, 0.05) is 36.1 Å². The number of ether oxygens (including phenoxy) is 1. The molecular formula is C24H21F2N3O2S. The van der Waals surface area contributed by atoms with Gasteiger partial charge in [-0.3, -0.25) is 9.69 Å². The maximum Gasteiger partial charge on any atom is 0.229 e. The number of fused-ring (bicyclic) bond motifs is 1. The highest BCUT2D eigenvalue weighted by Crippen LogP contribution is 2.37. The van der Waals surface area contributed by atoms with Gasteiger partial charge in [-0.15, -0.1) is 11.3 Å². The summed E-state index contributed by atoms with van der Waals surface area (Å²) in [7, 11) is 1.44. The number of carbonyl (C=O) groups excluding carboxylic acids is 1. The van der Waals surface area contributed by atoms with Crippen molar-refractivity contribution in [3.63, 3.8) is 0 Å². The van der Waals surface area contributed by atoms with Crippen LogP contribution in [0.3, 0.4) is 0 Å². The predicted molar refractivity (Wildman–Crippen MR) is 119 cm³/mol. The maximum atomic E-state index is 13.7. The summed E-state index contributed by atoms with van der Waals surface area (Å²) in [5.74, 6) is -0.732. The van der Waals surface area contributed by atoms with Gasteiger partial charge in [-0.05, 0) is 41.8 Å². The monoisotopic (exact) mass is 453 g/mol. The Hall–Kier alpha value is -3.28. The lowest BCUT2D eigenvalue weighted by atomic mass is 10.0. The van der Waals surface area contributed by atoms with E-state index in [1.165, 1.54) is 42.7 Å². The number of amides is 1. The van der Waals surface area contributed by atoms with Gasteiger partial charge in [0.25, 0.3) is 0 Å². The lowest BCUT2D eigenvalue weighted by Gasteiger charge is -2.27. The molecule has 0 aliphatic carbocycles. The van der Waals surface area contributed by atoms with Gasteiger partial charge in [-0.2, -0.15) is 5.26 Å². The number of carbonyl (C=O) groups is 1. The van der Waals surface area contributed by atoms with Crippen molar-refractivity contribution in [1.82, 2.24) is 4.90 Å². The van der Waals surface area contributed by atoms with E-state index in [0.717, 1.165) is 29.0 Å². The Morgan fingerprint density at radius 2 is 2.03 bits per heavy atom. The van der Waals surface area contributed by atoms with Crippen LogP contribution in [0.4, 0.5) is 13.8 Å². The zero-order valence-corrected chi connectivity index (χ0v) is 18.3. The van der Waals surface area contributed by atoms with Gasteiger partial charge in [0.15, 0.2) is 0 Å². The van der Waals surface area contributed by atoms with E-state index in [9.17, 15) is 18.8 Å². The number of nitrogens with zero attached hydrogens (tertiary/aromatic N) is 2. The molecule has 2 aromatic carbocycles. The number of halogens is 2. The fraction of sp³-hybridized carbons (Fsp3) is 0.250. The molecule has 0 atom stereocenters. The first-order valence-corrected chi connectivity index (χ1v) is 10.9. The molecule has 2 heterocycles. The van der Waals surface area contributed by atoms with Gasteiger partial charge >= 0.3 is 0 Å². The highest BCUT2D eigenvalue weighted by atomic mass is 32.1. The Kier molecular flexibility index (Phi) is 6.49. The first-order valence-electron chi connectivity index (χ1n) is 10.1. The molecule has 1 aliphatic rings. The molecule has 0 saturated heterocycles. The Morgan fingerprint density at radius 1 is 1.22 bits per heavy atom. The van der Waals surface area contributed by atoms with Crippen LogP contribution in [0.25, 0.3) is 0 Å². The van der Waals surface area contributed by atoms with Crippen LogP contribution in [0.15, 0.2) is 42.5 Å². The van der Waals surface area contributed by atoms with Gasteiger partial charge in [0.2, 0.25) is 5.91 Å². The topological polar surface area (TPSA) is 65.4 Å². The fourth-order valence-corrected chi connectivity index (χ4v) is 5.04. The summed E-state index contributed by atoms with van der Waals surface area (Å²) in [6, 6.07) is 12.9. The maximum absolute atomic E-state index is 13.7. The van der Waals surface area contributed by atoms with Gasteiger partial charge < -0.3 is 10.1 Å². The van der Waals surface area contributed by atoms with Crippen molar-refractivity contribution in [2.75, 3.05) is 19.0 Å². The summed E-state index contributed by atoms with van der Waals surface area (Å²) in [5, 5.41) is 13.1. The van der Waals surface area contributed by atoms with Gasteiger partial charge in [-0.1, -0.05) is 12.1 Å². The van der Waals surface area contributed by atoms with E-state index >= 15 is 0 Å². The molecule has 0 unspecified atom stereocenters. The number of rotatable bonds is 6. The van der Waals surface area contributed by atoms with E-state index in [-0.39, 0.29) is 18.1 Å². The number of hydrogen-bond donors (Lipinski definition) is 1. The summed E-state index contributed by atoms with van der Waals surface area (Å²) < 4.78 is 32.2. The molecule has 3 aromatic rings. The Morgan fingerprint density at radius 3 is 2.78 bits per heavy atom. The number of benzene rings is 2. The number of nitriles is 1. The van der Waals surface area contributed by atoms with Crippen LogP contribution in [0, 0.1) is 23.0 Å². The summed E-state index contributed by atoms with van der Waals surface area (Å²) in [6.45, 7) is 1.93. The van der Waals surface area contributed by atoms with Crippen LogP contribution in [0.1, 0.15) is 27.1 Å². The van der Waals surface area contributed by atoms with Crippen LogP contribution in [0.5, 0.6) is 5.75 Å². The molecule has 0 saturated carbocycles. The van der Waals surface area contributed by atoms with E-state index in [1.807, 2.05) is 6.07 Å². The summed E-state index contributed by atoms with van der Waals surface area (Å²) >= 11 is 1.41. The molecule has 8 heteroatoms. The highest BCUT2D eigenvalue weighted by Gasteiger charge is 2.25. The van der Waals surface area contributed by atoms with Crippen molar-refractivity contribution in [1.29, 1.82) is 5.26 Å². The smallest absolute Gasteiger partial charge is 0.229 e. The quantitative estimate of drug-likeness (QED) is 0.590. The largest absolute Gasteiger partial charge is 0.497 e. The molecule has 0 radical (unpaired) electrons. The molecule has 5 nitrogen and oxygen atoms in total. The second kappa shape index (κ2) is 9.47. The average molecular weight is 454 g/mol. The van der Waals surface area contributed by atoms with Gasteiger partial charge in [0.05, 0.1) is 19.1 Å². The standard InChI is InChI=1S/C24H21F2N3O2S/c1-31-19-9-16(8-18(26)11-19)10-23(30)28-24-20(12-27)21-14-29(6-5-22(21)32-24)13-15-3-2-4-17(25)7-15/h2-4,7-9,11H,5-6,10,13-14H2,1H3,(H,28,30). The van der Waals surface area contributed by atoms with Crippen molar-refractivity contribution < 1.29 is 18.3 Å². The van der Waals surface area contributed by atoms with Crippen LogP contribution >= 0.6 is 11.3 Å². The van der Waals surface area contributed by atoms with Crippen LogP contribution in [0.2, 0.25) is 0 Å². The molecule has 164 valence electrons. The zero-order chi connectivity index (χ0) is 22.7. The van der Waals surface area contributed by atoms with Crippen LogP contribution in [-0.4, -0.2) is 24.5 Å². The molecule has 1 aromatic heterocycles. The van der Waals surface area contributed by atoms with Gasteiger partial charge in [0.1, 0.15) is 28.5 Å². The first kappa shape index (κ1) is 21.9. The lowest BCUT2D eigenvalue weighted by molar-refractivity contribution is -0.115. The number of hydrogen-bond acceptors (Lipinski definition) is 5. The number of methoxy groups -OCH3 is 1. The SMILES string of the molecule is COc1cc(F)cc(CC(=O)Nc2sc3c(c2C#N)CN(Cc2cccc(F)c2)CC3)c1. The Balaban J connectivity index is 1.47. The molecule has 1 N–H and O–H groups in total. The van der Waals surface area contributed by atoms with Crippen molar-refractivity contribution in [2.45, 2.75) is 25.9 Å². The van der Waals surface area contributed by atoms with Crippen molar-refractivity contribution in [3.8, 4) is 11.8 Å². The zero-order valence-electron chi connectivity index (χ0n) is 17.5. The average Bonchev–Trinajstić information content (AvgIpc) is 3.09. The van der Waals surface area contributed by atoms with E-state index in [2.05, 4.69) is 16.3 Å². The third-order valence-corrected chi connectivity index (χ3v) is 6.53. The van der Waals surface area contributed by atoms with Gasteiger partial charge in [-0.25, -0.2) is 8.78 Å². The minimum atomic E-state index is -0.477. The number of thiophene rings is 1. The van der Waals surface area contributed by atoms with Crippen molar-refractivity contribution in [3.05, 3.63) is 81.2 Å². The minimum Gasteiger partial charge on any atom is -0.497 e. The molecule has 1 aliphatic heterocycles. The van der Waals surface area contributed by atoms with Crippen molar-refractivity contribution in [2.24, 2.45) is 0 Å². The third-order valence-electron chi connectivity index (χ3n) is 5.32. The molecule has 1 amide bonds. The first-order chi connectivity index (χ1) is 15.4. The summed E-state index contributed by atoms with van der Waals surface area (Å²) in [6.07, 6.45) is 0.716. The van der Waals surface area contributed by atoms with Crippen molar-refractivity contribution >= 4 is 22.2 Å². The molecule has 32 heavy (non-hydrogen) atoms. The fourth-order valence-electron chi connectivity index (χ4n) is 3.88. The number of nitrogens with one attached hydrogen (secondary N) is 1. The number of anilines is 1. The normalized spacial score (nSPS) is 13.3. The molecular weight excluding hydrogens is 432 g/mol. The molecule has 0 fully saturated rings. The second-order valence-corrected chi connectivity index (χ2v) is 8.74. The second-order valence-electron chi connectivity index (χ2n) is 7.63. The van der Waals surface area contributed by atoms with E-state index in [1.54, 1.807) is 12.1 Å². The lowest BCUT2D eigenvalue weighted by Crippen LogP contribution is -2.29. The highest BCUT2D eigenvalue weighted by molar-refractivity contribution is 7.16. The molecule has 0 bridgehead atoms. The molecule has 0 spiro atoms. The van der Waals surface area contributed by atoms with Crippen LogP contribution in [-0.2, 0) is 30.7 Å². The summed E-state index contributed by atoms with van der Waals surface area (Å²) in [4.78, 5) is 15.8. The minimum absolute atomic E-state index is 0.0345. The summed E-state index contributed by atoms with van der Waals surface area (Å²) in [5.41, 5.74) is 2.73. The Labute approximate surface area is 188 Å². The van der Waals surface area contributed by atoms with E-state index in [4.69, 9.17) is 4.74 Å². The third kappa shape index (κ3) is 4.96.